The summed E-state index contributed by atoms with van der Waals surface area (Å²) in [7, 11) is 0. The Hall–Kier alpha value is -0.120. The molecule has 1 saturated heterocycles. The minimum absolute atomic E-state index is 0.356. The van der Waals surface area contributed by atoms with Crippen LogP contribution in [0.2, 0.25) is 0 Å². The molecule has 0 aromatic heterocycles. The standard InChI is InChI=1S/C12H26N2O/c1-11(2)6-4-8-14(11)9-5-7-12(3,15)10-13/h15H,4-10,13H2,1-3H3. The molecule has 0 aromatic rings. The van der Waals surface area contributed by atoms with Gasteiger partial charge < -0.3 is 10.8 Å². The van der Waals surface area contributed by atoms with Crippen molar-refractivity contribution >= 4 is 0 Å². The van der Waals surface area contributed by atoms with E-state index in [1.54, 1.807) is 0 Å². The van der Waals surface area contributed by atoms with E-state index < -0.39 is 5.60 Å². The van der Waals surface area contributed by atoms with Crippen LogP contribution in [0.25, 0.3) is 0 Å². The monoisotopic (exact) mass is 214 g/mol. The highest BCUT2D eigenvalue weighted by Gasteiger charge is 2.31. The highest BCUT2D eigenvalue weighted by atomic mass is 16.3. The molecule has 0 aromatic carbocycles. The summed E-state index contributed by atoms with van der Waals surface area (Å²) in [5.74, 6) is 0. The highest BCUT2D eigenvalue weighted by Crippen LogP contribution is 2.28. The minimum Gasteiger partial charge on any atom is -0.389 e. The number of likely N-dealkylation sites (tertiary alicyclic amines) is 1. The zero-order chi connectivity index (χ0) is 11.5. The molecule has 0 saturated carbocycles. The van der Waals surface area contributed by atoms with E-state index in [9.17, 15) is 5.11 Å². The summed E-state index contributed by atoms with van der Waals surface area (Å²) in [6.45, 7) is 9.08. The summed E-state index contributed by atoms with van der Waals surface area (Å²) in [6, 6.07) is 0. The highest BCUT2D eigenvalue weighted by molar-refractivity contribution is 4.88. The fourth-order valence-corrected chi connectivity index (χ4v) is 2.33. The molecule has 3 nitrogen and oxygen atoms in total. The van der Waals surface area contributed by atoms with Gasteiger partial charge in [0.1, 0.15) is 0 Å². The van der Waals surface area contributed by atoms with Gasteiger partial charge in [-0.15, -0.1) is 0 Å². The Kier molecular flexibility index (Phi) is 4.15. The third-order valence-corrected chi connectivity index (χ3v) is 3.66. The summed E-state index contributed by atoms with van der Waals surface area (Å²) < 4.78 is 0. The van der Waals surface area contributed by atoms with Gasteiger partial charge in [0.2, 0.25) is 0 Å². The van der Waals surface area contributed by atoms with Crippen molar-refractivity contribution in [2.24, 2.45) is 5.73 Å². The van der Waals surface area contributed by atoms with Crippen LogP contribution in [0.5, 0.6) is 0 Å². The first kappa shape index (κ1) is 12.9. The molecule has 1 rings (SSSR count). The minimum atomic E-state index is -0.677. The van der Waals surface area contributed by atoms with Gasteiger partial charge in [0, 0.05) is 12.1 Å². The molecule has 3 heteroatoms. The molecule has 0 radical (unpaired) electrons. The van der Waals surface area contributed by atoms with Crippen LogP contribution in [-0.2, 0) is 0 Å². The number of nitrogens with two attached hydrogens (primary N) is 1. The van der Waals surface area contributed by atoms with E-state index in [1.807, 2.05) is 6.92 Å². The average molecular weight is 214 g/mol. The summed E-state index contributed by atoms with van der Waals surface area (Å²) in [6.07, 6.45) is 4.43. The van der Waals surface area contributed by atoms with Gasteiger partial charge in [-0.3, -0.25) is 4.90 Å². The first-order chi connectivity index (χ1) is 6.87. The SMILES string of the molecule is CC(O)(CN)CCCN1CCCC1(C)C. The van der Waals surface area contributed by atoms with Gasteiger partial charge in [-0.25, -0.2) is 0 Å². The van der Waals surface area contributed by atoms with Crippen molar-refractivity contribution in [3.63, 3.8) is 0 Å². The maximum atomic E-state index is 9.78. The van der Waals surface area contributed by atoms with Crippen LogP contribution in [0.4, 0.5) is 0 Å². The zero-order valence-electron chi connectivity index (χ0n) is 10.4. The van der Waals surface area contributed by atoms with E-state index in [0.29, 0.717) is 12.1 Å². The molecule has 1 unspecified atom stereocenters. The fraction of sp³-hybridized carbons (Fsp3) is 1.00. The Morgan fingerprint density at radius 1 is 1.47 bits per heavy atom. The molecule has 0 spiro atoms. The van der Waals surface area contributed by atoms with E-state index in [4.69, 9.17) is 5.73 Å². The van der Waals surface area contributed by atoms with Gasteiger partial charge in [-0.05, 0) is 59.5 Å². The third-order valence-electron chi connectivity index (χ3n) is 3.66. The van der Waals surface area contributed by atoms with Crippen LogP contribution in [0.15, 0.2) is 0 Å². The van der Waals surface area contributed by atoms with Crippen molar-refractivity contribution < 1.29 is 5.11 Å². The Morgan fingerprint density at radius 2 is 2.13 bits per heavy atom. The molecule has 1 aliphatic heterocycles. The van der Waals surface area contributed by atoms with Crippen LogP contribution in [0.1, 0.15) is 46.5 Å². The van der Waals surface area contributed by atoms with Crippen LogP contribution >= 0.6 is 0 Å². The summed E-state index contributed by atoms with van der Waals surface area (Å²) in [5, 5.41) is 9.78. The van der Waals surface area contributed by atoms with Gasteiger partial charge >= 0.3 is 0 Å². The summed E-state index contributed by atoms with van der Waals surface area (Å²) in [4.78, 5) is 2.53. The molecule has 15 heavy (non-hydrogen) atoms. The third kappa shape index (κ3) is 3.74. The molecular formula is C12H26N2O. The van der Waals surface area contributed by atoms with Gasteiger partial charge in [-0.2, -0.15) is 0 Å². The second-order valence-electron chi connectivity index (χ2n) is 5.71. The topological polar surface area (TPSA) is 49.5 Å². The van der Waals surface area contributed by atoms with Crippen molar-refractivity contribution in [1.29, 1.82) is 0 Å². The largest absolute Gasteiger partial charge is 0.389 e. The van der Waals surface area contributed by atoms with Crippen LogP contribution in [-0.4, -0.2) is 40.8 Å². The Bertz CT molecular complexity index is 202. The maximum absolute atomic E-state index is 9.78. The molecule has 90 valence electrons. The first-order valence-corrected chi connectivity index (χ1v) is 6.05. The van der Waals surface area contributed by atoms with Gasteiger partial charge in [0.25, 0.3) is 0 Å². The Balaban J connectivity index is 2.26. The molecule has 1 atom stereocenters. The lowest BCUT2D eigenvalue weighted by Gasteiger charge is -2.32. The predicted molar refractivity (Wildman–Crippen MR) is 63.8 cm³/mol. The smallest absolute Gasteiger partial charge is 0.0741 e. The van der Waals surface area contributed by atoms with Crippen molar-refractivity contribution in [3.05, 3.63) is 0 Å². The molecule has 1 heterocycles. The van der Waals surface area contributed by atoms with Crippen molar-refractivity contribution in [2.75, 3.05) is 19.6 Å². The van der Waals surface area contributed by atoms with Gasteiger partial charge in [0.05, 0.1) is 5.60 Å². The lowest BCUT2D eigenvalue weighted by Crippen LogP contribution is -2.40. The first-order valence-electron chi connectivity index (χ1n) is 6.05. The average Bonchev–Trinajstić information content (AvgIpc) is 2.46. The molecule has 0 aliphatic carbocycles. The lowest BCUT2D eigenvalue weighted by molar-refractivity contribution is 0.0513. The number of hydrogen-bond donors (Lipinski definition) is 2. The zero-order valence-corrected chi connectivity index (χ0v) is 10.4. The molecule has 0 bridgehead atoms. The molecule has 1 aliphatic rings. The van der Waals surface area contributed by atoms with Crippen molar-refractivity contribution in [1.82, 2.24) is 4.90 Å². The van der Waals surface area contributed by atoms with Gasteiger partial charge in [0.15, 0.2) is 0 Å². The van der Waals surface area contributed by atoms with E-state index in [1.165, 1.54) is 19.4 Å². The van der Waals surface area contributed by atoms with Crippen LogP contribution in [0.3, 0.4) is 0 Å². The van der Waals surface area contributed by atoms with E-state index in [0.717, 1.165) is 19.4 Å². The number of rotatable bonds is 5. The number of hydrogen-bond acceptors (Lipinski definition) is 3. The predicted octanol–water partition coefficient (Wildman–Crippen LogP) is 1.35. The van der Waals surface area contributed by atoms with Crippen LogP contribution in [0, 0.1) is 0 Å². The molecule has 1 fully saturated rings. The molecule has 0 amide bonds. The second-order valence-corrected chi connectivity index (χ2v) is 5.71. The van der Waals surface area contributed by atoms with E-state index >= 15 is 0 Å². The number of nitrogens with zero attached hydrogens (tertiary/aromatic N) is 1. The fourth-order valence-electron chi connectivity index (χ4n) is 2.33. The quantitative estimate of drug-likeness (QED) is 0.726. The van der Waals surface area contributed by atoms with Gasteiger partial charge in [-0.1, -0.05) is 0 Å². The summed E-state index contributed by atoms with van der Waals surface area (Å²) in [5.41, 5.74) is 5.17. The molecular weight excluding hydrogens is 188 g/mol. The second kappa shape index (κ2) is 4.81. The normalized spacial score (nSPS) is 25.4. The van der Waals surface area contributed by atoms with Crippen LogP contribution < -0.4 is 5.73 Å². The van der Waals surface area contributed by atoms with E-state index in [2.05, 4.69) is 18.7 Å². The number of aliphatic hydroxyl groups is 1. The molecule has 3 N–H and O–H groups in total. The summed E-state index contributed by atoms with van der Waals surface area (Å²) >= 11 is 0. The van der Waals surface area contributed by atoms with Crippen molar-refractivity contribution in [2.45, 2.75) is 57.6 Å². The lowest BCUT2D eigenvalue weighted by atomic mass is 9.98. The Morgan fingerprint density at radius 3 is 2.60 bits per heavy atom. The van der Waals surface area contributed by atoms with E-state index in [-0.39, 0.29) is 0 Å². The Labute approximate surface area is 93.6 Å². The maximum Gasteiger partial charge on any atom is 0.0741 e. The van der Waals surface area contributed by atoms with Crippen molar-refractivity contribution in [3.8, 4) is 0 Å².